The van der Waals surface area contributed by atoms with Gasteiger partial charge in [-0.25, -0.2) is 18.0 Å². The van der Waals surface area contributed by atoms with E-state index in [1.807, 2.05) is 0 Å². The van der Waals surface area contributed by atoms with E-state index in [-0.39, 0.29) is 27.3 Å². The Morgan fingerprint density at radius 3 is 1.92 bits per heavy atom. The molecule has 0 spiro atoms. The minimum Gasteiger partial charge on any atom is -0.465 e. The molecule has 0 amide bonds. The Labute approximate surface area is 150 Å². The van der Waals surface area contributed by atoms with Crippen LogP contribution >= 0.6 is 0 Å². The van der Waals surface area contributed by atoms with E-state index < -0.39 is 22.0 Å². The van der Waals surface area contributed by atoms with Crippen LogP contribution in [-0.2, 0) is 19.5 Å². The van der Waals surface area contributed by atoms with E-state index in [0.717, 1.165) is 26.4 Å². The number of nitriles is 1. The predicted octanol–water partition coefficient (Wildman–Crippen LogP) is 1.93. The predicted molar refractivity (Wildman–Crippen MR) is 91.1 cm³/mol. The largest absolute Gasteiger partial charge is 0.465 e. The number of benzene rings is 2. The van der Waals surface area contributed by atoms with Gasteiger partial charge in [0.2, 0.25) is 0 Å². The molecule has 0 radical (unpaired) electrons. The van der Waals surface area contributed by atoms with Crippen molar-refractivity contribution >= 4 is 27.6 Å². The van der Waals surface area contributed by atoms with Crippen molar-refractivity contribution in [2.45, 2.75) is 4.90 Å². The molecule has 9 heteroatoms. The minimum atomic E-state index is -4.11. The Morgan fingerprint density at radius 1 is 1.00 bits per heavy atom. The van der Waals surface area contributed by atoms with Crippen molar-refractivity contribution < 1.29 is 27.5 Å². The number of sulfonamides is 1. The molecule has 8 nitrogen and oxygen atoms in total. The third-order valence-electron chi connectivity index (χ3n) is 3.37. The molecule has 0 bridgehead atoms. The molecule has 26 heavy (non-hydrogen) atoms. The number of anilines is 1. The molecule has 0 unspecified atom stereocenters. The van der Waals surface area contributed by atoms with Crippen LogP contribution in [0.3, 0.4) is 0 Å². The van der Waals surface area contributed by atoms with Gasteiger partial charge in [0.05, 0.1) is 47.6 Å². The first kappa shape index (κ1) is 19.0. The normalized spacial score (nSPS) is 10.5. The Hall–Kier alpha value is -3.38. The number of hydrogen-bond acceptors (Lipinski definition) is 7. The second kappa shape index (κ2) is 7.67. The monoisotopic (exact) mass is 374 g/mol. The molecule has 134 valence electrons. The van der Waals surface area contributed by atoms with Crippen molar-refractivity contribution in [3.05, 3.63) is 59.2 Å². The summed E-state index contributed by atoms with van der Waals surface area (Å²) in [6.07, 6.45) is 0. The highest BCUT2D eigenvalue weighted by Gasteiger charge is 2.26. The Kier molecular flexibility index (Phi) is 5.59. The first-order valence-corrected chi connectivity index (χ1v) is 8.65. The fourth-order valence-corrected chi connectivity index (χ4v) is 3.27. The second-order valence-corrected chi connectivity index (χ2v) is 6.64. The maximum Gasteiger partial charge on any atom is 0.340 e. The van der Waals surface area contributed by atoms with E-state index in [1.165, 1.54) is 24.3 Å². The van der Waals surface area contributed by atoms with E-state index in [4.69, 9.17) is 5.26 Å². The summed E-state index contributed by atoms with van der Waals surface area (Å²) in [7, 11) is -1.93. The summed E-state index contributed by atoms with van der Waals surface area (Å²) in [5, 5.41) is 9.10. The number of carbonyl (C=O) groups is 2. The van der Waals surface area contributed by atoms with Gasteiger partial charge in [0.15, 0.2) is 0 Å². The lowest BCUT2D eigenvalue weighted by Crippen LogP contribution is -2.20. The third-order valence-corrected chi connectivity index (χ3v) is 4.73. The molecular formula is C17H14N2O6S. The standard InChI is InChI=1S/C17H14N2O6S/c1-24-16(20)13-8-11(10-18)9-14(17(21)25-2)15(13)19-26(22,23)12-6-4-3-5-7-12/h3-9,19H,1-2H3. The number of methoxy groups -OCH3 is 2. The zero-order valence-corrected chi connectivity index (χ0v) is 14.7. The lowest BCUT2D eigenvalue weighted by atomic mass is 10.0. The van der Waals surface area contributed by atoms with E-state index in [2.05, 4.69) is 14.2 Å². The van der Waals surface area contributed by atoms with E-state index in [0.29, 0.717) is 0 Å². The molecule has 0 fully saturated rings. The van der Waals surface area contributed by atoms with Gasteiger partial charge in [-0.3, -0.25) is 4.72 Å². The van der Waals surface area contributed by atoms with Crippen LogP contribution in [0.5, 0.6) is 0 Å². The van der Waals surface area contributed by atoms with Crippen molar-refractivity contribution in [1.29, 1.82) is 5.26 Å². The molecule has 1 N–H and O–H groups in total. The van der Waals surface area contributed by atoms with Crippen molar-refractivity contribution in [1.82, 2.24) is 0 Å². The van der Waals surface area contributed by atoms with Crippen molar-refractivity contribution in [3.63, 3.8) is 0 Å². The van der Waals surface area contributed by atoms with Gasteiger partial charge in [-0.15, -0.1) is 0 Å². The maximum atomic E-state index is 12.6. The summed E-state index contributed by atoms with van der Waals surface area (Å²) < 4.78 is 36.7. The van der Waals surface area contributed by atoms with Gasteiger partial charge in [0.1, 0.15) is 0 Å². The molecule has 0 aromatic heterocycles. The molecule has 0 heterocycles. The van der Waals surface area contributed by atoms with Crippen LogP contribution in [0.2, 0.25) is 0 Å². The maximum absolute atomic E-state index is 12.6. The lowest BCUT2D eigenvalue weighted by molar-refractivity contribution is 0.0601. The third kappa shape index (κ3) is 3.81. The molecule has 2 aromatic rings. The fourth-order valence-electron chi connectivity index (χ4n) is 2.15. The molecule has 0 saturated carbocycles. The number of esters is 2. The molecule has 2 rings (SSSR count). The molecule has 0 atom stereocenters. The van der Waals surface area contributed by atoms with Crippen LogP contribution in [0.25, 0.3) is 0 Å². The summed E-state index contributed by atoms with van der Waals surface area (Å²) in [4.78, 5) is 24.1. The van der Waals surface area contributed by atoms with Gasteiger partial charge >= 0.3 is 11.9 Å². The summed E-state index contributed by atoms with van der Waals surface area (Å²) in [5.74, 6) is -1.84. The van der Waals surface area contributed by atoms with Gasteiger partial charge in [-0.2, -0.15) is 5.26 Å². The van der Waals surface area contributed by atoms with Crippen molar-refractivity contribution in [2.24, 2.45) is 0 Å². The van der Waals surface area contributed by atoms with Gasteiger partial charge in [0, 0.05) is 0 Å². The average Bonchev–Trinajstić information content (AvgIpc) is 2.67. The number of nitrogens with zero attached hydrogens (tertiary/aromatic N) is 1. The number of hydrogen-bond donors (Lipinski definition) is 1. The summed E-state index contributed by atoms with van der Waals surface area (Å²) in [6.45, 7) is 0. The van der Waals surface area contributed by atoms with E-state index in [1.54, 1.807) is 12.1 Å². The topological polar surface area (TPSA) is 123 Å². The van der Waals surface area contributed by atoms with Crippen molar-refractivity contribution in [2.75, 3.05) is 18.9 Å². The van der Waals surface area contributed by atoms with E-state index >= 15 is 0 Å². The molecule has 0 aliphatic heterocycles. The summed E-state index contributed by atoms with van der Waals surface area (Å²) in [6, 6.07) is 11.4. The SMILES string of the molecule is COC(=O)c1cc(C#N)cc(C(=O)OC)c1NS(=O)(=O)c1ccccc1. The van der Waals surface area contributed by atoms with Crippen LogP contribution in [-0.4, -0.2) is 34.6 Å². The van der Waals surface area contributed by atoms with Gasteiger partial charge in [0.25, 0.3) is 10.0 Å². The smallest absolute Gasteiger partial charge is 0.340 e. The summed E-state index contributed by atoms with van der Waals surface area (Å²) >= 11 is 0. The Morgan fingerprint density at radius 2 is 1.50 bits per heavy atom. The molecule has 2 aromatic carbocycles. The van der Waals surface area contributed by atoms with Crippen LogP contribution < -0.4 is 4.72 Å². The van der Waals surface area contributed by atoms with Gasteiger partial charge < -0.3 is 9.47 Å². The van der Waals surface area contributed by atoms with Crippen molar-refractivity contribution in [3.8, 4) is 6.07 Å². The van der Waals surface area contributed by atoms with Crippen LogP contribution in [0.15, 0.2) is 47.4 Å². The lowest BCUT2D eigenvalue weighted by Gasteiger charge is -2.15. The first-order chi connectivity index (χ1) is 12.3. The number of ether oxygens (including phenoxy) is 2. The Bertz CT molecular complexity index is 957. The molecular weight excluding hydrogens is 360 g/mol. The van der Waals surface area contributed by atoms with Crippen LogP contribution in [0.1, 0.15) is 26.3 Å². The highest BCUT2D eigenvalue weighted by atomic mass is 32.2. The average molecular weight is 374 g/mol. The van der Waals surface area contributed by atoms with E-state index in [9.17, 15) is 18.0 Å². The van der Waals surface area contributed by atoms with Gasteiger partial charge in [-0.05, 0) is 24.3 Å². The zero-order valence-electron chi connectivity index (χ0n) is 13.8. The minimum absolute atomic E-state index is 0.0338. The number of nitrogens with one attached hydrogen (secondary N) is 1. The number of rotatable bonds is 5. The molecule has 0 saturated heterocycles. The van der Waals surface area contributed by atoms with Crippen LogP contribution in [0, 0.1) is 11.3 Å². The molecule has 0 aliphatic rings. The molecule has 0 aliphatic carbocycles. The first-order valence-electron chi connectivity index (χ1n) is 7.16. The quantitative estimate of drug-likeness (QED) is 0.793. The fraction of sp³-hybridized carbons (Fsp3) is 0.118. The highest BCUT2D eigenvalue weighted by Crippen LogP contribution is 2.28. The van der Waals surface area contributed by atoms with Crippen LogP contribution in [0.4, 0.5) is 5.69 Å². The number of carbonyl (C=O) groups excluding carboxylic acids is 2. The zero-order chi connectivity index (χ0) is 19.3. The second-order valence-electron chi connectivity index (χ2n) is 4.96. The van der Waals surface area contributed by atoms with Gasteiger partial charge in [-0.1, -0.05) is 18.2 Å². The highest BCUT2D eigenvalue weighted by molar-refractivity contribution is 7.92. The Balaban J connectivity index is 2.71. The summed E-state index contributed by atoms with van der Waals surface area (Å²) in [5.41, 5.74) is -0.932.